The van der Waals surface area contributed by atoms with E-state index in [1.807, 2.05) is 16.8 Å². The van der Waals surface area contributed by atoms with Crippen LogP contribution in [-0.2, 0) is 9.47 Å². The molecule has 0 bridgehead atoms. The summed E-state index contributed by atoms with van der Waals surface area (Å²) in [5.74, 6) is 1.78. The Kier molecular flexibility index (Phi) is 7.72. The maximum atomic E-state index is 16.9. The smallest absolute Gasteiger partial charge is 0.319 e. The molecule has 0 unspecified atom stereocenters. The maximum Gasteiger partial charge on any atom is 0.319 e. The molecule has 13 heteroatoms. The number of terminal acetylenes is 1. The first kappa shape index (κ1) is 29.3. The van der Waals surface area contributed by atoms with Crippen molar-refractivity contribution in [1.82, 2.24) is 19.9 Å². The number of anilines is 1. The highest BCUT2D eigenvalue weighted by Gasteiger charge is 2.35. The van der Waals surface area contributed by atoms with Gasteiger partial charge in [0.15, 0.2) is 12.6 Å². The van der Waals surface area contributed by atoms with Crippen LogP contribution in [0, 0.1) is 24.0 Å². The zero-order chi connectivity index (χ0) is 31.2. The van der Waals surface area contributed by atoms with E-state index in [1.165, 1.54) is 25.3 Å². The number of likely N-dealkylation sites (N-methyl/N-ethyl adjacent to an activating group) is 1. The summed E-state index contributed by atoms with van der Waals surface area (Å²) < 4.78 is 74.6. The molecule has 0 radical (unpaired) electrons. The number of pyridine rings is 1. The predicted octanol–water partition coefficient (Wildman–Crippen LogP) is 4.11. The minimum absolute atomic E-state index is 0.0533. The highest BCUT2D eigenvalue weighted by atomic mass is 19.1. The minimum atomic E-state index is -0.957. The van der Waals surface area contributed by atoms with Crippen molar-refractivity contribution in [3.8, 4) is 41.2 Å². The highest BCUT2D eigenvalue weighted by Crippen LogP contribution is 2.43. The van der Waals surface area contributed by atoms with Crippen molar-refractivity contribution in [3.63, 3.8) is 0 Å². The zero-order valence-electron chi connectivity index (χ0n) is 24.7. The summed E-state index contributed by atoms with van der Waals surface area (Å²) in [7, 11) is 3.30. The van der Waals surface area contributed by atoms with Gasteiger partial charge in [-0.3, -0.25) is 4.90 Å². The Balaban J connectivity index is 1.44. The van der Waals surface area contributed by atoms with Gasteiger partial charge in [0.2, 0.25) is 5.88 Å². The number of methoxy groups -OCH3 is 1. The van der Waals surface area contributed by atoms with Crippen molar-refractivity contribution < 1.29 is 36.9 Å². The molecule has 3 aliphatic rings. The normalized spacial score (nSPS) is 21.3. The molecule has 5 heterocycles. The second-order valence-corrected chi connectivity index (χ2v) is 11.3. The quantitative estimate of drug-likeness (QED) is 0.222. The van der Waals surface area contributed by atoms with Crippen LogP contribution in [0.4, 0.5) is 19.0 Å². The summed E-state index contributed by atoms with van der Waals surface area (Å²) in [6.07, 6.45) is 5.10. The fraction of sp³-hybridized carbons (Fsp3) is 0.406. The number of likely N-dealkylation sites (tertiary alicyclic amines) is 1. The van der Waals surface area contributed by atoms with Crippen molar-refractivity contribution in [3.05, 3.63) is 41.5 Å². The predicted molar refractivity (Wildman–Crippen MR) is 160 cm³/mol. The Morgan fingerprint density at radius 3 is 2.76 bits per heavy atom. The van der Waals surface area contributed by atoms with Crippen molar-refractivity contribution in [2.75, 3.05) is 65.4 Å². The van der Waals surface area contributed by atoms with Gasteiger partial charge in [-0.05, 0) is 37.1 Å². The molecule has 2 saturated heterocycles. The van der Waals surface area contributed by atoms with Crippen LogP contribution in [-0.4, -0.2) is 98.6 Å². The first-order valence-electron chi connectivity index (χ1n) is 14.6. The van der Waals surface area contributed by atoms with E-state index >= 15 is 8.78 Å². The molecule has 234 valence electrons. The van der Waals surface area contributed by atoms with Gasteiger partial charge in [0.05, 0.1) is 24.8 Å². The molecule has 0 saturated carbocycles. The molecule has 3 atom stereocenters. The molecule has 2 aromatic heterocycles. The summed E-state index contributed by atoms with van der Waals surface area (Å²) >= 11 is 0. The number of nitrogens with zero attached hydrogens (tertiary/aromatic N) is 5. The van der Waals surface area contributed by atoms with Crippen LogP contribution in [0.1, 0.15) is 12.0 Å². The fourth-order valence-electron chi connectivity index (χ4n) is 6.23. The third-order valence-electron chi connectivity index (χ3n) is 8.45. The molecule has 0 amide bonds. The summed E-state index contributed by atoms with van der Waals surface area (Å²) in [4.78, 5) is 17.7. The molecule has 4 aromatic rings. The Morgan fingerprint density at radius 1 is 1.11 bits per heavy atom. The summed E-state index contributed by atoms with van der Waals surface area (Å²) in [5.41, 5.74) is -0.141. The van der Waals surface area contributed by atoms with E-state index in [-0.39, 0.29) is 77.1 Å². The molecule has 45 heavy (non-hydrogen) atoms. The van der Waals surface area contributed by atoms with Crippen molar-refractivity contribution >= 4 is 27.5 Å². The van der Waals surface area contributed by atoms with Crippen LogP contribution in [0.5, 0.6) is 17.6 Å². The number of hydrogen-bond donors (Lipinski definition) is 0. The first-order chi connectivity index (χ1) is 21.9. The second kappa shape index (κ2) is 11.8. The third kappa shape index (κ3) is 5.22. The van der Waals surface area contributed by atoms with E-state index in [0.717, 1.165) is 0 Å². The van der Waals surface area contributed by atoms with Crippen molar-refractivity contribution in [2.24, 2.45) is 0 Å². The maximum absolute atomic E-state index is 16.9. The van der Waals surface area contributed by atoms with E-state index in [9.17, 15) is 4.39 Å². The van der Waals surface area contributed by atoms with E-state index in [1.54, 1.807) is 6.07 Å². The lowest BCUT2D eigenvalue weighted by Crippen LogP contribution is -2.48. The lowest BCUT2D eigenvalue weighted by molar-refractivity contribution is 0.0512. The van der Waals surface area contributed by atoms with E-state index in [4.69, 9.17) is 30.1 Å². The number of fused-ring (bicyclic) bond motifs is 3. The van der Waals surface area contributed by atoms with Crippen LogP contribution in [0.3, 0.4) is 0 Å². The van der Waals surface area contributed by atoms with Gasteiger partial charge in [0.25, 0.3) is 0 Å². The number of benzene rings is 2. The zero-order valence-corrected chi connectivity index (χ0v) is 24.7. The molecule has 10 nitrogen and oxygen atoms in total. The number of alkyl halides is 1. The number of rotatable bonds is 7. The average molecular weight is 622 g/mol. The topological polar surface area (TPSA) is 91.3 Å². The SMILES string of the molecule is C#Cc1c(F)ccc2cc(OCOC)cc(-c3nc4c5c(nc(OC[C@@H]6C[C@@H](F)CN6C)nc5c3F)N3CCOC[C@H]3CO4)c12. The number of morpholine rings is 1. The van der Waals surface area contributed by atoms with Gasteiger partial charge in [0, 0.05) is 37.2 Å². The van der Waals surface area contributed by atoms with E-state index < -0.39 is 17.8 Å². The van der Waals surface area contributed by atoms with Gasteiger partial charge in [-0.15, -0.1) is 6.42 Å². The molecular formula is C32H30F3N5O5. The van der Waals surface area contributed by atoms with Gasteiger partial charge in [-0.2, -0.15) is 9.97 Å². The van der Waals surface area contributed by atoms with Crippen molar-refractivity contribution in [2.45, 2.75) is 24.7 Å². The monoisotopic (exact) mass is 621 g/mol. The molecular weight excluding hydrogens is 591 g/mol. The van der Waals surface area contributed by atoms with Crippen LogP contribution in [0.25, 0.3) is 32.9 Å². The minimum Gasteiger partial charge on any atom is -0.475 e. The van der Waals surface area contributed by atoms with Crippen molar-refractivity contribution in [1.29, 1.82) is 0 Å². The fourth-order valence-corrected chi connectivity index (χ4v) is 6.23. The van der Waals surface area contributed by atoms with Crippen LogP contribution in [0.2, 0.25) is 0 Å². The Labute approximate surface area is 257 Å². The Hall–Kier alpha value is -4.38. The number of aromatic nitrogens is 3. The average Bonchev–Trinajstić information content (AvgIpc) is 3.28. The molecule has 2 aromatic carbocycles. The highest BCUT2D eigenvalue weighted by molar-refractivity contribution is 6.04. The number of ether oxygens (including phenoxy) is 5. The molecule has 3 aliphatic heterocycles. The summed E-state index contributed by atoms with van der Waals surface area (Å²) in [5, 5.41) is 1.05. The molecule has 7 rings (SSSR count). The van der Waals surface area contributed by atoms with Gasteiger partial charge < -0.3 is 28.6 Å². The largest absolute Gasteiger partial charge is 0.475 e. The summed E-state index contributed by atoms with van der Waals surface area (Å²) in [6.45, 7) is 1.81. The molecule has 0 N–H and O–H groups in total. The van der Waals surface area contributed by atoms with Gasteiger partial charge in [-0.25, -0.2) is 18.2 Å². The number of halogens is 3. The standard InChI is InChI=1S/C32H30F3N5O5/c1-4-22-24(34)6-5-17-9-21(45-16-41-3)11-23(25(17)22)28-27(35)29-26-30(40-7-8-42-13-20(40)15-43-31(26)36-28)38-32(37-29)44-14-19-10-18(33)12-39(19)2/h1,5-6,9,11,18-20H,7-8,10,12-16H2,2-3H3/t18-,19+,20+/m1/s1. The first-order valence-corrected chi connectivity index (χ1v) is 14.6. The molecule has 0 spiro atoms. The van der Waals surface area contributed by atoms with Gasteiger partial charge >= 0.3 is 6.01 Å². The van der Waals surface area contributed by atoms with E-state index in [2.05, 4.69) is 20.9 Å². The van der Waals surface area contributed by atoms with Gasteiger partial charge in [-0.1, -0.05) is 12.0 Å². The van der Waals surface area contributed by atoms with Crippen LogP contribution < -0.4 is 19.1 Å². The Morgan fingerprint density at radius 2 is 1.98 bits per heavy atom. The third-order valence-corrected chi connectivity index (χ3v) is 8.45. The van der Waals surface area contributed by atoms with E-state index in [0.29, 0.717) is 49.7 Å². The lowest BCUT2D eigenvalue weighted by atomic mass is 9.95. The van der Waals surface area contributed by atoms with Gasteiger partial charge in [0.1, 0.15) is 53.4 Å². The summed E-state index contributed by atoms with van der Waals surface area (Å²) in [6, 6.07) is 5.48. The second-order valence-electron chi connectivity index (χ2n) is 11.3. The number of hydrogen-bond acceptors (Lipinski definition) is 10. The lowest BCUT2D eigenvalue weighted by Gasteiger charge is -2.34. The Bertz CT molecular complexity index is 1840. The molecule has 0 aliphatic carbocycles. The molecule has 2 fully saturated rings. The van der Waals surface area contributed by atoms with Crippen LogP contribution in [0.15, 0.2) is 24.3 Å². The van der Waals surface area contributed by atoms with Crippen LogP contribution >= 0.6 is 0 Å².